The van der Waals surface area contributed by atoms with Gasteiger partial charge in [0, 0.05) is 35.1 Å². The maximum absolute atomic E-state index is 15.1. The van der Waals surface area contributed by atoms with E-state index >= 15 is 4.39 Å². The molecule has 0 unspecified atom stereocenters. The van der Waals surface area contributed by atoms with Crippen LogP contribution in [-0.2, 0) is 11.2 Å². The van der Waals surface area contributed by atoms with Crippen LogP contribution in [-0.4, -0.2) is 59.6 Å². The van der Waals surface area contributed by atoms with Gasteiger partial charge >= 0.3 is 6.61 Å². The summed E-state index contributed by atoms with van der Waals surface area (Å²) in [6.07, 6.45) is 6.01. The molecule has 1 aromatic heterocycles. The number of anilines is 1. The molecule has 36 heavy (non-hydrogen) atoms. The minimum atomic E-state index is -2.93. The van der Waals surface area contributed by atoms with Gasteiger partial charge in [-0.05, 0) is 81.4 Å². The molecule has 0 spiro atoms. The first-order chi connectivity index (χ1) is 17.4. The van der Waals surface area contributed by atoms with Crippen LogP contribution in [0.5, 0.6) is 5.75 Å². The minimum absolute atomic E-state index is 0.00994. The number of hydrogen-bond acceptors (Lipinski definition) is 5. The number of benzene rings is 2. The molecule has 188 valence electrons. The van der Waals surface area contributed by atoms with Crippen molar-refractivity contribution >= 4 is 17.3 Å². The van der Waals surface area contributed by atoms with Crippen molar-refractivity contribution in [2.45, 2.75) is 31.9 Å². The summed E-state index contributed by atoms with van der Waals surface area (Å²) in [5.74, 6) is -0.838. The molecule has 0 saturated carbocycles. The molecule has 1 fully saturated rings. The summed E-state index contributed by atoms with van der Waals surface area (Å²) < 4.78 is 46.1. The quantitative estimate of drug-likeness (QED) is 0.543. The normalized spacial score (nSPS) is 16.5. The number of carbonyl (C=O) groups excluding carboxylic acids is 1. The third kappa shape index (κ3) is 5.13. The number of fused-ring (bicyclic) bond motifs is 1. The molecule has 0 atom stereocenters. The van der Waals surface area contributed by atoms with E-state index in [1.54, 1.807) is 12.3 Å². The van der Waals surface area contributed by atoms with Gasteiger partial charge in [0.25, 0.3) is 5.91 Å². The highest BCUT2D eigenvalue weighted by Gasteiger charge is 2.25. The number of amides is 1. The predicted molar refractivity (Wildman–Crippen MR) is 130 cm³/mol. The van der Waals surface area contributed by atoms with E-state index in [2.05, 4.69) is 32.1 Å². The molecule has 0 aliphatic carbocycles. The fraction of sp³-hybridized carbons (Fsp3) is 0.346. The number of carbonyl (C=O) groups is 1. The van der Waals surface area contributed by atoms with E-state index in [1.165, 1.54) is 30.3 Å². The zero-order chi connectivity index (χ0) is 25.2. The summed E-state index contributed by atoms with van der Waals surface area (Å²) in [6.45, 7) is -0.581. The highest BCUT2D eigenvalue weighted by atomic mass is 19.3. The minimum Gasteiger partial charge on any atom is -0.435 e. The van der Waals surface area contributed by atoms with Gasteiger partial charge in [0.1, 0.15) is 17.3 Å². The van der Waals surface area contributed by atoms with E-state index in [9.17, 15) is 13.6 Å². The smallest absolute Gasteiger partial charge is 0.387 e. The van der Waals surface area contributed by atoms with Crippen molar-refractivity contribution in [2.24, 2.45) is 4.99 Å². The molecule has 1 saturated heterocycles. The number of alkyl halides is 2. The largest absolute Gasteiger partial charge is 0.435 e. The fourth-order valence-corrected chi connectivity index (χ4v) is 4.68. The van der Waals surface area contributed by atoms with Gasteiger partial charge in [0.2, 0.25) is 0 Å². The highest BCUT2D eigenvalue weighted by Crippen LogP contribution is 2.30. The van der Waals surface area contributed by atoms with Crippen LogP contribution in [0.1, 0.15) is 30.0 Å². The number of halogens is 3. The van der Waals surface area contributed by atoms with E-state index < -0.39 is 12.5 Å². The van der Waals surface area contributed by atoms with Crippen LogP contribution in [0.3, 0.4) is 0 Å². The van der Waals surface area contributed by atoms with Crippen LogP contribution < -0.4 is 10.1 Å². The number of likely N-dealkylation sites (tertiary alicyclic amines) is 1. The number of rotatable bonds is 6. The molecule has 0 radical (unpaired) electrons. The summed E-state index contributed by atoms with van der Waals surface area (Å²) in [5, 5.41) is 7.22. The summed E-state index contributed by atoms with van der Waals surface area (Å²) in [7, 11) is 2.10. The van der Waals surface area contributed by atoms with Gasteiger partial charge in [-0.15, -0.1) is 0 Å². The number of piperidine rings is 1. The van der Waals surface area contributed by atoms with Crippen LogP contribution in [0, 0.1) is 5.82 Å². The Morgan fingerprint density at radius 1 is 1.14 bits per heavy atom. The fourth-order valence-electron chi connectivity index (χ4n) is 4.68. The van der Waals surface area contributed by atoms with E-state index in [0.29, 0.717) is 40.9 Å². The highest BCUT2D eigenvalue weighted by molar-refractivity contribution is 6.49. The molecule has 1 N–H and O–H groups in total. The second-order valence-electron chi connectivity index (χ2n) is 9.07. The van der Waals surface area contributed by atoms with Gasteiger partial charge in [-0.25, -0.2) is 4.39 Å². The molecule has 2 aliphatic rings. The monoisotopic (exact) mass is 497 g/mol. The lowest BCUT2D eigenvalue weighted by molar-refractivity contribution is -0.110. The van der Waals surface area contributed by atoms with E-state index in [-0.39, 0.29) is 23.3 Å². The first kappa shape index (κ1) is 24.1. The Kier molecular flexibility index (Phi) is 6.77. The number of ether oxygens (including phenoxy) is 1. The molecule has 3 aromatic rings. The third-order valence-corrected chi connectivity index (χ3v) is 6.63. The predicted octanol–water partition coefficient (Wildman–Crippen LogP) is 4.54. The molecule has 2 aliphatic heterocycles. The molecular formula is C26H26F3N5O2. The summed E-state index contributed by atoms with van der Waals surface area (Å²) in [6, 6.07) is 9.02. The van der Waals surface area contributed by atoms with E-state index in [1.807, 2.05) is 10.9 Å². The first-order valence-electron chi connectivity index (χ1n) is 11.8. The third-order valence-electron chi connectivity index (χ3n) is 6.63. The lowest BCUT2D eigenvalue weighted by Crippen LogP contribution is -2.31. The molecule has 5 rings (SSSR count). The van der Waals surface area contributed by atoms with Gasteiger partial charge in [-0.3, -0.25) is 14.5 Å². The topological polar surface area (TPSA) is 71.8 Å². The van der Waals surface area contributed by atoms with Crippen LogP contribution in [0.15, 0.2) is 53.8 Å². The lowest BCUT2D eigenvalue weighted by Gasteiger charge is -2.28. The van der Waals surface area contributed by atoms with Crippen LogP contribution in [0.2, 0.25) is 0 Å². The Balaban J connectivity index is 1.37. The average molecular weight is 498 g/mol. The number of aromatic nitrogens is 2. The standard InChI is InChI=1S/C26H26F3N5O2/c1-33-10-7-19(8-11-33)34-15-17(14-31-34)21-13-22-16(12-23(21)27)6-9-30-24(22)25(35)32-18-2-4-20(5-3-18)36-26(28)29/h2-5,12-15,19,26H,6-11H2,1H3,(H,32,35). The van der Waals surface area contributed by atoms with Crippen molar-refractivity contribution in [3.8, 4) is 16.9 Å². The number of nitrogens with one attached hydrogen (secondary N) is 1. The van der Waals surface area contributed by atoms with Gasteiger partial charge in [-0.2, -0.15) is 13.9 Å². The molecule has 1 amide bonds. The Morgan fingerprint density at radius 2 is 1.89 bits per heavy atom. The van der Waals surface area contributed by atoms with Crippen molar-refractivity contribution in [2.75, 3.05) is 32.0 Å². The zero-order valence-electron chi connectivity index (χ0n) is 19.8. The van der Waals surface area contributed by atoms with Crippen molar-refractivity contribution in [3.63, 3.8) is 0 Å². The number of nitrogens with zero attached hydrogens (tertiary/aromatic N) is 4. The van der Waals surface area contributed by atoms with Crippen LogP contribution in [0.25, 0.3) is 11.1 Å². The maximum atomic E-state index is 15.1. The summed E-state index contributed by atoms with van der Waals surface area (Å²) in [4.78, 5) is 19.7. The molecule has 3 heterocycles. The Bertz CT molecular complexity index is 1280. The molecule has 10 heteroatoms. The van der Waals surface area contributed by atoms with E-state index in [0.717, 1.165) is 25.9 Å². The summed E-state index contributed by atoms with van der Waals surface area (Å²) >= 11 is 0. The van der Waals surface area contributed by atoms with Crippen molar-refractivity contribution in [3.05, 3.63) is 65.7 Å². The van der Waals surface area contributed by atoms with Crippen molar-refractivity contribution in [1.82, 2.24) is 14.7 Å². The Hall–Kier alpha value is -3.66. The van der Waals surface area contributed by atoms with Gasteiger partial charge in [-0.1, -0.05) is 0 Å². The SMILES string of the molecule is CN1CCC(n2cc(-c3cc4c(cc3F)CCN=C4C(=O)Nc3ccc(OC(F)F)cc3)cn2)CC1. The molecule has 7 nitrogen and oxygen atoms in total. The van der Waals surface area contributed by atoms with Gasteiger partial charge < -0.3 is 15.0 Å². The van der Waals surface area contributed by atoms with Crippen LogP contribution >= 0.6 is 0 Å². The van der Waals surface area contributed by atoms with Gasteiger partial charge in [0.05, 0.1) is 12.2 Å². The van der Waals surface area contributed by atoms with E-state index in [4.69, 9.17) is 0 Å². The zero-order valence-corrected chi connectivity index (χ0v) is 19.8. The second kappa shape index (κ2) is 10.1. The van der Waals surface area contributed by atoms with Crippen molar-refractivity contribution in [1.29, 1.82) is 0 Å². The number of hydrogen-bond donors (Lipinski definition) is 1. The maximum Gasteiger partial charge on any atom is 0.387 e. The van der Waals surface area contributed by atoms with Crippen LogP contribution in [0.4, 0.5) is 18.9 Å². The Labute approximate surface area is 206 Å². The molecule has 0 bridgehead atoms. The average Bonchev–Trinajstić information content (AvgIpc) is 3.34. The second-order valence-corrected chi connectivity index (χ2v) is 9.07. The van der Waals surface area contributed by atoms with Crippen molar-refractivity contribution < 1.29 is 22.7 Å². The first-order valence-corrected chi connectivity index (χ1v) is 11.8. The molecular weight excluding hydrogens is 471 g/mol. The molecule has 2 aromatic carbocycles. The summed E-state index contributed by atoms with van der Waals surface area (Å²) in [5.41, 5.74) is 2.89. The Morgan fingerprint density at radius 3 is 2.61 bits per heavy atom. The van der Waals surface area contributed by atoms with Gasteiger partial charge in [0.15, 0.2) is 0 Å². The number of aliphatic imine (C=N–C) groups is 1. The lowest BCUT2D eigenvalue weighted by atomic mass is 9.93.